The third kappa shape index (κ3) is 5.41. The summed E-state index contributed by atoms with van der Waals surface area (Å²) in [5.74, 6) is -0.662. The molecule has 0 spiro atoms. The minimum atomic E-state index is -1.12. The van der Waals surface area contributed by atoms with Crippen LogP contribution in [0.15, 0.2) is 6.20 Å². The number of nitrogens with one attached hydrogen (secondary N) is 2. The van der Waals surface area contributed by atoms with Crippen molar-refractivity contribution in [3.05, 3.63) is 11.9 Å². The van der Waals surface area contributed by atoms with Crippen LogP contribution < -0.4 is 10.6 Å². The number of rotatable bonds is 7. The molecule has 0 saturated carbocycles. The summed E-state index contributed by atoms with van der Waals surface area (Å²) in [6.45, 7) is 9.72. The molecule has 0 aliphatic rings. The van der Waals surface area contributed by atoms with Crippen LogP contribution in [0.5, 0.6) is 0 Å². The average molecular weight is 297 g/mol. The zero-order valence-corrected chi connectivity index (χ0v) is 12.9. The summed E-state index contributed by atoms with van der Waals surface area (Å²) in [6, 6.07) is -0.248. The van der Waals surface area contributed by atoms with Crippen molar-refractivity contribution < 1.29 is 14.7 Å². The van der Waals surface area contributed by atoms with Gasteiger partial charge in [0.05, 0.1) is 12.7 Å². The van der Waals surface area contributed by atoms with E-state index < -0.39 is 5.97 Å². The van der Waals surface area contributed by atoms with E-state index in [1.807, 2.05) is 0 Å². The van der Waals surface area contributed by atoms with E-state index >= 15 is 0 Å². The fourth-order valence-electron chi connectivity index (χ4n) is 1.36. The Kier molecular flexibility index (Phi) is 5.69. The summed E-state index contributed by atoms with van der Waals surface area (Å²) >= 11 is 0. The lowest BCUT2D eigenvalue weighted by molar-refractivity contribution is 0.0690. The first kappa shape index (κ1) is 16.9. The first-order valence-corrected chi connectivity index (χ1v) is 6.87. The second-order valence-electron chi connectivity index (χ2n) is 5.92. The maximum Gasteiger partial charge on any atom is 0.358 e. The standard InChI is InChI=1S/C13H23N5O3/c1-9(2)13(3,4)8-15-12(21)14-5-6-18-7-10(11(19)20)16-17-18/h7,9H,5-6,8H2,1-4H3,(H,19,20)(H2,14,15,21). The lowest BCUT2D eigenvalue weighted by atomic mass is 9.81. The molecule has 1 aromatic heterocycles. The molecular formula is C13H23N5O3. The highest BCUT2D eigenvalue weighted by atomic mass is 16.4. The third-order valence-electron chi connectivity index (χ3n) is 3.65. The molecule has 0 fully saturated rings. The summed E-state index contributed by atoms with van der Waals surface area (Å²) in [5, 5.41) is 21.4. The molecule has 0 radical (unpaired) electrons. The predicted molar refractivity (Wildman–Crippen MR) is 77.0 cm³/mol. The highest BCUT2D eigenvalue weighted by molar-refractivity contribution is 5.84. The molecule has 0 aromatic carbocycles. The van der Waals surface area contributed by atoms with Crippen LogP contribution in [0.4, 0.5) is 4.79 Å². The molecular weight excluding hydrogens is 274 g/mol. The Hall–Kier alpha value is -2.12. The Labute approximate surface area is 123 Å². The van der Waals surface area contributed by atoms with E-state index in [2.05, 4.69) is 48.6 Å². The van der Waals surface area contributed by atoms with Gasteiger partial charge in [-0.25, -0.2) is 14.3 Å². The number of carbonyl (C=O) groups excluding carboxylic acids is 1. The second kappa shape index (κ2) is 7.05. The quantitative estimate of drug-likeness (QED) is 0.694. The van der Waals surface area contributed by atoms with Gasteiger partial charge in [0.1, 0.15) is 0 Å². The van der Waals surface area contributed by atoms with Crippen LogP contribution in [0.25, 0.3) is 0 Å². The van der Waals surface area contributed by atoms with E-state index in [1.54, 1.807) is 0 Å². The van der Waals surface area contributed by atoms with Crippen molar-refractivity contribution in [1.29, 1.82) is 0 Å². The number of amides is 2. The highest BCUT2D eigenvalue weighted by Gasteiger charge is 2.22. The molecule has 21 heavy (non-hydrogen) atoms. The van der Waals surface area contributed by atoms with Crippen molar-refractivity contribution in [2.75, 3.05) is 13.1 Å². The van der Waals surface area contributed by atoms with E-state index in [-0.39, 0.29) is 17.1 Å². The number of hydrogen-bond acceptors (Lipinski definition) is 4. The number of carboxylic acids is 1. The van der Waals surface area contributed by atoms with Crippen LogP contribution in [-0.4, -0.2) is 45.2 Å². The van der Waals surface area contributed by atoms with Crippen LogP contribution >= 0.6 is 0 Å². The van der Waals surface area contributed by atoms with Crippen molar-refractivity contribution >= 4 is 12.0 Å². The molecule has 0 saturated heterocycles. The van der Waals surface area contributed by atoms with Crippen molar-refractivity contribution in [2.24, 2.45) is 11.3 Å². The largest absolute Gasteiger partial charge is 0.476 e. The van der Waals surface area contributed by atoms with Gasteiger partial charge < -0.3 is 15.7 Å². The summed E-state index contributed by atoms with van der Waals surface area (Å²) in [5.41, 5.74) is -0.0854. The van der Waals surface area contributed by atoms with Gasteiger partial charge >= 0.3 is 12.0 Å². The Morgan fingerprint density at radius 3 is 2.57 bits per heavy atom. The Bertz CT molecular complexity index is 496. The zero-order chi connectivity index (χ0) is 16.0. The first-order chi connectivity index (χ1) is 9.72. The molecule has 8 nitrogen and oxygen atoms in total. The Balaban J connectivity index is 2.29. The summed E-state index contributed by atoms with van der Waals surface area (Å²) in [4.78, 5) is 22.3. The maximum absolute atomic E-state index is 11.7. The van der Waals surface area contributed by atoms with Gasteiger partial charge in [-0.05, 0) is 11.3 Å². The van der Waals surface area contributed by atoms with Gasteiger partial charge in [-0.15, -0.1) is 5.10 Å². The van der Waals surface area contributed by atoms with Crippen molar-refractivity contribution in [1.82, 2.24) is 25.6 Å². The monoisotopic (exact) mass is 297 g/mol. The van der Waals surface area contributed by atoms with E-state index in [0.29, 0.717) is 25.6 Å². The Morgan fingerprint density at radius 2 is 2.05 bits per heavy atom. The summed E-state index contributed by atoms with van der Waals surface area (Å²) < 4.78 is 1.38. The van der Waals surface area contributed by atoms with Crippen molar-refractivity contribution in [3.63, 3.8) is 0 Å². The number of carbonyl (C=O) groups is 2. The fourth-order valence-corrected chi connectivity index (χ4v) is 1.36. The van der Waals surface area contributed by atoms with Gasteiger partial charge in [0.25, 0.3) is 0 Å². The molecule has 2 amide bonds. The van der Waals surface area contributed by atoms with E-state index in [9.17, 15) is 9.59 Å². The van der Waals surface area contributed by atoms with Crippen LogP contribution in [0.2, 0.25) is 0 Å². The molecule has 0 bridgehead atoms. The maximum atomic E-state index is 11.7. The molecule has 3 N–H and O–H groups in total. The molecule has 1 heterocycles. The van der Waals surface area contributed by atoms with Crippen molar-refractivity contribution in [3.8, 4) is 0 Å². The smallest absolute Gasteiger partial charge is 0.358 e. The lowest BCUT2D eigenvalue weighted by Crippen LogP contribution is -2.43. The molecule has 0 unspecified atom stereocenters. The van der Waals surface area contributed by atoms with Crippen LogP contribution in [0, 0.1) is 11.3 Å². The molecule has 0 atom stereocenters. The van der Waals surface area contributed by atoms with Gasteiger partial charge in [0, 0.05) is 13.1 Å². The number of aromatic carboxylic acids is 1. The highest BCUT2D eigenvalue weighted by Crippen LogP contribution is 2.24. The fraction of sp³-hybridized carbons (Fsp3) is 0.692. The predicted octanol–water partition coefficient (Wildman–Crippen LogP) is 0.958. The van der Waals surface area contributed by atoms with Crippen molar-refractivity contribution in [2.45, 2.75) is 34.2 Å². The molecule has 0 aliphatic carbocycles. The second-order valence-corrected chi connectivity index (χ2v) is 5.92. The topological polar surface area (TPSA) is 109 Å². The number of urea groups is 1. The first-order valence-electron chi connectivity index (χ1n) is 6.87. The van der Waals surface area contributed by atoms with Gasteiger partial charge in [-0.2, -0.15) is 0 Å². The normalized spacial score (nSPS) is 11.5. The van der Waals surface area contributed by atoms with Gasteiger partial charge in [0.15, 0.2) is 5.69 Å². The van der Waals surface area contributed by atoms with E-state index in [1.165, 1.54) is 10.9 Å². The number of aromatic nitrogens is 3. The molecule has 1 rings (SSSR count). The minimum Gasteiger partial charge on any atom is -0.476 e. The van der Waals surface area contributed by atoms with Gasteiger partial charge in [0.2, 0.25) is 0 Å². The van der Waals surface area contributed by atoms with E-state index in [0.717, 1.165) is 0 Å². The van der Waals surface area contributed by atoms with Gasteiger partial charge in [-0.3, -0.25) is 0 Å². The average Bonchev–Trinajstić information content (AvgIpc) is 2.85. The zero-order valence-electron chi connectivity index (χ0n) is 12.9. The lowest BCUT2D eigenvalue weighted by Gasteiger charge is -2.29. The van der Waals surface area contributed by atoms with Crippen LogP contribution in [0.1, 0.15) is 38.2 Å². The molecule has 1 aromatic rings. The Morgan fingerprint density at radius 1 is 1.38 bits per heavy atom. The summed E-state index contributed by atoms with van der Waals surface area (Å²) in [6.07, 6.45) is 1.32. The minimum absolute atomic E-state index is 0.0274. The number of nitrogens with zero attached hydrogens (tertiary/aromatic N) is 3. The van der Waals surface area contributed by atoms with Crippen LogP contribution in [0.3, 0.4) is 0 Å². The molecule has 8 heteroatoms. The summed E-state index contributed by atoms with van der Waals surface area (Å²) in [7, 11) is 0. The SMILES string of the molecule is CC(C)C(C)(C)CNC(=O)NCCn1cc(C(=O)O)nn1. The molecule has 0 aliphatic heterocycles. The van der Waals surface area contributed by atoms with E-state index in [4.69, 9.17) is 5.11 Å². The number of hydrogen-bond donors (Lipinski definition) is 3. The third-order valence-corrected chi connectivity index (χ3v) is 3.65. The molecule has 118 valence electrons. The van der Waals surface area contributed by atoms with Crippen LogP contribution in [-0.2, 0) is 6.54 Å². The van der Waals surface area contributed by atoms with Gasteiger partial charge in [-0.1, -0.05) is 32.9 Å². The number of carboxylic acid groups (broad SMARTS) is 1.